The second-order valence-electron chi connectivity index (χ2n) is 10.0. The summed E-state index contributed by atoms with van der Waals surface area (Å²) in [7, 11) is 0. The van der Waals surface area contributed by atoms with Crippen LogP contribution >= 0.6 is 0 Å². The van der Waals surface area contributed by atoms with Gasteiger partial charge in [0.25, 0.3) is 0 Å². The number of aryl methyl sites for hydroxylation is 2. The molecule has 32 heavy (non-hydrogen) atoms. The van der Waals surface area contributed by atoms with Crippen molar-refractivity contribution in [2.24, 2.45) is 5.41 Å². The fraction of sp³-hybridized carbons (Fsp3) is 0.654. The molecule has 174 valence electrons. The number of likely N-dealkylation sites (tertiary alicyclic amines) is 2. The number of benzene rings is 1. The van der Waals surface area contributed by atoms with Gasteiger partial charge in [-0.1, -0.05) is 37.3 Å². The molecule has 1 unspecified atom stereocenters. The third kappa shape index (κ3) is 4.90. The number of carbonyl (C=O) groups is 1. The Morgan fingerprint density at radius 2 is 1.94 bits per heavy atom. The van der Waals surface area contributed by atoms with Crippen molar-refractivity contribution in [3.8, 4) is 0 Å². The van der Waals surface area contributed by atoms with Gasteiger partial charge in [-0.25, -0.2) is 0 Å². The minimum atomic E-state index is 0.124. The highest BCUT2D eigenvalue weighted by Crippen LogP contribution is 2.49. The number of piperidine rings is 1. The van der Waals surface area contributed by atoms with E-state index in [2.05, 4.69) is 69.6 Å². The van der Waals surface area contributed by atoms with Gasteiger partial charge in [-0.2, -0.15) is 0 Å². The molecular formula is C26H39N5O. The molecule has 0 N–H and O–H groups in total. The predicted octanol–water partition coefficient (Wildman–Crippen LogP) is 4.13. The van der Waals surface area contributed by atoms with Crippen LogP contribution in [0.1, 0.15) is 70.2 Å². The molecule has 0 radical (unpaired) electrons. The van der Waals surface area contributed by atoms with Crippen LogP contribution in [0.2, 0.25) is 0 Å². The average Bonchev–Trinajstić information content (AvgIpc) is 3.39. The monoisotopic (exact) mass is 437 g/mol. The van der Waals surface area contributed by atoms with E-state index in [-0.39, 0.29) is 11.3 Å². The topological polar surface area (TPSA) is 54.3 Å². The summed E-state index contributed by atoms with van der Waals surface area (Å²) < 4.78 is 2.23. The zero-order chi connectivity index (χ0) is 22.6. The zero-order valence-electron chi connectivity index (χ0n) is 20.0. The Bertz CT molecular complexity index is 869. The predicted molar refractivity (Wildman–Crippen MR) is 127 cm³/mol. The molecule has 4 rings (SSSR count). The van der Waals surface area contributed by atoms with E-state index in [1.54, 1.807) is 0 Å². The molecule has 6 heteroatoms. The van der Waals surface area contributed by atoms with Gasteiger partial charge < -0.3 is 14.4 Å². The smallest absolute Gasteiger partial charge is 0.222 e. The zero-order valence-corrected chi connectivity index (χ0v) is 20.0. The number of rotatable bonds is 8. The Hall–Kier alpha value is -2.21. The standard InChI is InChI=1S/C26H39N5O/c1-4-15-30-20-27-28-25(30)23-18-31(19-26(23)13-16-29(17-14-26)21(2)3)24(32)12-8-11-22-9-6-5-7-10-22/h5-7,9-10,20-21,23H,4,8,11-19H2,1-3H3. The minimum absolute atomic E-state index is 0.124. The van der Waals surface area contributed by atoms with Gasteiger partial charge in [-0.3, -0.25) is 4.79 Å². The Labute approximate surface area is 193 Å². The fourth-order valence-corrected chi connectivity index (χ4v) is 5.70. The van der Waals surface area contributed by atoms with E-state index in [1.165, 1.54) is 5.56 Å². The molecule has 3 heterocycles. The van der Waals surface area contributed by atoms with Crippen molar-refractivity contribution in [1.82, 2.24) is 24.6 Å². The van der Waals surface area contributed by atoms with Crippen molar-refractivity contribution in [3.05, 3.63) is 48.0 Å². The number of nitrogens with zero attached hydrogens (tertiary/aromatic N) is 5. The van der Waals surface area contributed by atoms with E-state index < -0.39 is 0 Å². The first-order valence-corrected chi connectivity index (χ1v) is 12.5. The summed E-state index contributed by atoms with van der Waals surface area (Å²) in [6.07, 6.45) is 7.68. The molecule has 6 nitrogen and oxygen atoms in total. The number of hydrogen-bond donors (Lipinski definition) is 0. The van der Waals surface area contributed by atoms with Crippen LogP contribution in [0.5, 0.6) is 0 Å². The Morgan fingerprint density at radius 1 is 1.19 bits per heavy atom. The summed E-state index contributed by atoms with van der Waals surface area (Å²) in [5.74, 6) is 1.67. The lowest BCUT2D eigenvalue weighted by atomic mass is 9.70. The fourth-order valence-electron chi connectivity index (χ4n) is 5.70. The molecule has 2 aliphatic heterocycles. The molecule has 1 amide bonds. The van der Waals surface area contributed by atoms with E-state index >= 15 is 0 Å². The van der Waals surface area contributed by atoms with Crippen molar-refractivity contribution in [2.45, 2.75) is 77.8 Å². The third-order valence-corrected chi connectivity index (χ3v) is 7.65. The Morgan fingerprint density at radius 3 is 2.62 bits per heavy atom. The van der Waals surface area contributed by atoms with E-state index in [9.17, 15) is 4.79 Å². The van der Waals surface area contributed by atoms with Gasteiger partial charge in [0.1, 0.15) is 12.2 Å². The molecule has 0 bridgehead atoms. The maximum absolute atomic E-state index is 13.2. The second kappa shape index (κ2) is 10.2. The first-order chi connectivity index (χ1) is 15.5. The minimum Gasteiger partial charge on any atom is -0.341 e. The quantitative estimate of drug-likeness (QED) is 0.623. The lowest BCUT2D eigenvalue weighted by Crippen LogP contribution is -2.46. The molecule has 0 saturated carbocycles. The van der Waals surface area contributed by atoms with Crippen LogP contribution in [-0.2, 0) is 17.8 Å². The SMILES string of the molecule is CCCn1cnnc1C1CN(C(=O)CCCc2ccccc2)CC12CCN(C(C)C)CC2. The van der Waals surface area contributed by atoms with Gasteiger partial charge in [0.15, 0.2) is 0 Å². The van der Waals surface area contributed by atoms with Crippen LogP contribution in [0.4, 0.5) is 0 Å². The molecule has 0 aliphatic carbocycles. The summed E-state index contributed by atoms with van der Waals surface area (Å²) in [5.41, 5.74) is 1.43. The van der Waals surface area contributed by atoms with Crippen molar-refractivity contribution < 1.29 is 4.79 Å². The first-order valence-electron chi connectivity index (χ1n) is 12.5. The van der Waals surface area contributed by atoms with Crippen molar-refractivity contribution >= 4 is 5.91 Å². The molecule has 1 spiro atoms. The van der Waals surface area contributed by atoms with Gasteiger partial charge in [0.05, 0.1) is 0 Å². The van der Waals surface area contributed by atoms with E-state index in [4.69, 9.17) is 0 Å². The molecule has 2 aliphatic rings. The van der Waals surface area contributed by atoms with Crippen molar-refractivity contribution in [1.29, 1.82) is 0 Å². The second-order valence-corrected chi connectivity index (χ2v) is 10.0. The molecule has 1 atom stereocenters. The highest BCUT2D eigenvalue weighted by atomic mass is 16.2. The molecule has 2 fully saturated rings. The summed E-state index contributed by atoms with van der Waals surface area (Å²) in [6.45, 7) is 11.6. The highest BCUT2D eigenvalue weighted by Gasteiger charge is 2.51. The summed E-state index contributed by atoms with van der Waals surface area (Å²) in [4.78, 5) is 17.9. The summed E-state index contributed by atoms with van der Waals surface area (Å²) in [6, 6.07) is 11.1. The van der Waals surface area contributed by atoms with E-state index in [0.29, 0.717) is 18.4 Å². The van der Waals surface area contributed by atoms with Crippen LogP contribution in [0.15, 0.2) is 36.7 Å². The van der Waals surface area contributed by atoms with Crippen LogP contribution in [0.3, 0.4) is 0 Å². The number of hydrogen-bond acceptors (Lipinski definition) is 4. The average molecular weight is 438 g/mol. The largest absolute Gasteiger partial charge is 0.341 e. The van der Waals surface area contributed by atoms with E-state index in [0.717, 1.165) is 70.7 Å². The van der Waals surface area contributed by atoms with Gasteiger partial charge in [-0.05, 0) is 64.6 Å². The molecule has 2 saturated heterocycles. The summed E-state index contributed by atoms with van der Waals surface area (Å²) in [5, 5.41) is 8.84. The van der Waals surface area contributed by atoms with Crippen molar-refractivity contribution in [2.75, 3.05) is 26.2 Å². The maximum Gasteiger partial charge on any atom is 0.222 e. The van der Waals surface area contributed by atoms with Gasteiger partial charge in [-0.15, -0.1) is 10.2 Å². The Kier molecular flexibility index (Phi) is 7.29. The van der Waals surface area contributed by atoms with Gasteiger partial charge in [0, 0.05) is 43.4 Å². The van der Waals surface area contributed by atoms with Gasteiger partial charge in [0.2, 0.25) is 5.91 Å². The van der Waals surface area contributed by atoms with Crippen LogP contribution < -0.4 is 0 Å². The summed E-state index contributed by atoms with van der Waals surface area (Å²) >= 11 is 0. The molecular weight excluding hydrogens is 398 g/mol. The van der Waals surface area contributed by atoms with Gasteiger partial charge >= 0.3 is 0 Å². The first kappa shape index (κ1) is 23.0. The third-order valence-electron chi connectivity index (χ3n) is 7.65. The molecule has 1 aromatic carbocycles. The lowest BCUT2D eigenvalue weighted by Gasteiger charge is -2.43. The van der Waals surface area contributed by atoms with E-state index in [1.807, 2.05) is 12.4 Å². The van der Waals surface area contributed by atoms with Crippen LogP contribution in [0.25, 0.3) is 0 Å². The normalized spacial score (nSPS) is 21.0. The molecule has 2 aromatic rings. The Balaban J connectivity index is 1.47. The molecule has 1 aromatic heterocycles. The number of aromatic nitrogens is 3. The number of carbonyl (C=O) groups excluding carboxylic acids is 1. The maximum atomic E-state index is 13.2. The lowest BCUT2D eigenvalue weighted by molar-refractivity contribution is -0.130. The van der Waals surface area contributed by atoms with Crippen LogP contribution in [-0.4, -0.2) is 62.7 Å². The highest BCUT2D eigenvalue weighted by molar-refractivity contribution is 5.76. The van der Waals surface area contributed by atoms with Crippen molar-refractivity contribution in [3.63, 3.8) is 0 Å². The number of amides is 1. The van der Waals surface area contributed by atoms with Crippen LogP contribution in [0, 0.1) is 5.41 Å².